The van der Waals surface area contributed by atoms with E-state index in [2.05, 4.69) is 21.2 Å². The molecule has 106 valence electrons. The Kier molecular flexibility index (Phi) is 5.38. The zero-order chi connectivity index (χ0) is 14.6. The molecule has 1 aromatic carbocycles. The summed E-state index contributed by atoms with van der Waals surface area (Å²) >= 11 is 3.46. The first-order chi connectivity index (χ1) is 8.69. The molecule has 1 atom stereocenters. The van der Waals surface area contributed by atoms with Crippen molar-refractivity contribution in [3.8, 4) is 0 Å². The Morgan fingerprint density at radius 2 is 2.11 bits per heavy atom. The van der Waals surface area contributed by atoms with E-state index in [1.807, 2.05) is 45.9 Å². The van der Waals surface area contributed by atoms with Gasteiger partial charge in [0, 0.05) is 17.1 Å². The molecular weight excluding hydrogens is 308 g/mol. The summed E-state index contributed by atoms with van der Waals surface area (Å²) in [5, 5.41) is 2.68. The number of nitrogens with two attached hydrogens (primary N) is 1. The SMILES string of the molecule is Cc1ccc(Br)c(C(N)CNC(=O)OC(C)(C)C)c1. The molecule has 1 rings (SSSR count). The van der Waals surface area contributed by atoms with Crippen LogP contribution in [0.4, 0.5) is 4.79 Å². The lowest BCUT2D eigenvalue weighted by molar-refractivity contribution is 0.0524. The minimum Gasteiger partial charge on any atom is -0.444 e. The van der Waals surface area contributed by atoms with Crippen LogP contribution >= 0.6 is 15.9 Å². The van der Waals surface area contributed by atoms with Crippen LogP contribution in [0.1, 0.15) is 37.9 Å². The number of carbonyl (C=O) groups is 1. The molecule has 19 heavy (non-hydrogen) atoms. The lowest BCUT2D eigenvalue weighted by Crippen LogP contribution is -2.36. The summed E-state index contributed by atoms with van der Waals surface area (Å²) in [6.45, 7) is 7.80. The Bertz CT molecular complexity index is 455. The van der Waals surface area contributed by atoms with E-state index < -0.39 is 11.7 Å². The molecule has 0 heterocycles. The van der Waals surface area contributed by atoms with E-state index in [-0.39, 0.29) is 6.04 Å². The Labute approximate surface area is 122 Å². The second-order valence-corrected chi connectivity index (χ2v) is 6.37. The Morgan fingerprint density at radius 3 is 2.68 bits per heavy atom. The van der Waals surface area contributed by atoms with Crippen molar-refractivity contribution in [2.45, 2.75) is 39.3 Å². The summed E-state index contributed by atoms with van der Waals surface area (Å²) in [6.07, 6.45) is -0.452. The lowest BCUT2D eigenvalue weighted by Gasteiger charge is -2.21. The van der Waals surface area contributed by atoms with Crippen molar-refractivity contribution in [3.63, 3.8) is 0 Å². The molecule has 0 aliphatic rings. The molecule has 1 amide bonds. The summed E-state index contributed by atoms with van der Waals surface area (Å²) < 4.78 is 6.10. The lowest BCUT2D eigenvalue weighted by atomic mass is 10.1. The number of nitrogens with one attached hydrogen (secondary N) is 1. The molecule has 3 N–H and O–H groups in total. The summed E-state index contributed by atoms with van der Waals surface area (Å²) in [5.74, 6) is 0. The van der Waals surface area contributed by atoms with E-state index in [1.54, 1.807) is 0 Å². The highest BCUT2D eigenvalue weighted by Crippen LogP contribution is 2.23. The number of alkyl carbamates (subject to hydrolysis) is 1. The maximum atomic E-state index is 11.5. The van der Waals surface area contributed by atoms with Gasteiger partial charge in [-0.05, 0) is 39.3 Å². The standard InChI is InChI=1S/C14H21BrN2O2/c1-9-5-6-11(15)10(7-9)12(16)8-17-13(18)19-14(2,3)4/h5-7,12H,8,16H2,1-4H3,(H,17,18). The fourth-order valence-electron chi connectivity index (χ4n) is 1.56. The van der Waals surface area contributed by atoms with Gasteiger partial charge < -0.3 is 15.8 Å². The van der Waals surface area contributed by atoms with E-state index >= 15 is 0 Å². The fourth-order valence-corrected chi connectivity index (χ4v) is 2.11. The predicted molar refractivity (Wildman–Crippen MR) is 80.0 cm³/mol. The third-order valence-corrected chi connectivity index (χ3v) is 3.14. The van der Waals surface area contributed by atoms with Crippen molar-refractivity contribution in [1.82, 2.24) is 5.32 Å². The molecule has 4 nitrogen and oxygen atoms in total. The van der Waals surface area contributed by atoms with Crippen molar-refractivity contribution in [3.05, 3.63) is 33.8 Å². The molecule has 0 saturated carbocycles. The number of aryl methyl sites for hydroxylation is 1. The van der Waals surface area contributed by atoms with Crippen LogP contribution in [-0.4, -0.2) is 18.2 Å². The minimum absolute atomic E-state index is 0.276. The van der Waals surface area contributed by atoms with Crippen molar-refractivity contribution in [1.29, 1.82) is 0 Å². The zero-order valence-electron chi connectivity index (χ0n) is 11.8. The van der Waals surface area contributed by atoms with Gasteiger partial charge >= 0.3 is 6.09 Å². The number of benzene rings is 1. The third kappa shape index (κ3) is 5.61. The Morgan fingerprint density at radius 1 is 1.47 bits per heavy atom. The van der Waals surface area contributed by atoms with Crippen LogP contribution in [-0.2, 0) is 4.74 Å². The van der Waals surface area contributed by atoms with Gasteiger partial charge in [0.15, 0.2) is 0 Å². The Balaban J connectivity index is 2.58. The second kappa shape index (κ2) is 6.39. The van der Waals surface area contributed by atoms with Crippen molar-refractivity contribution < 1.29 is 9.53 Å². The highest BCUT2D eigenvalue weighted by molar-refractivity contribution is 9.10. The van der Waals surface area contributed by atoms with E-state index in [1.165, 1.54) is 0 Å². The molecule has 0 aliphatic carbocycles. The van der Waals surface area contributed by atoms with E-state index in [4.69, 9.17) is 10.5 Å². The second-order valence-electron chi connectivity index (χ2n) is 5.51. The van der Waals surface area contributed by atoms with Crippen LogP contribution in [0.5, 0.6) is 0 Å². The quantitative estimate of drug-likeness (QED) is 0.894. The van der Waals surface area contributed by atoms with Gasteiger partial charge in [-0.25, -0.2) is 4.79 Å². The van der Waals surface area contributed by atoms with Gasteiger partial charge in [-0.3, -0.25) is 0 Å². The molecule has 0 radical (unpaired) electrons. The van der Waals surface area contributed by atoms with Crippen LogP contribution in [0.3, 0.4) is 0 Å². The van der Waals surface area contributed by atoms with Gasteiger partial charge in [0.1, 0.15) is 5.60 Å². The first kappa shape index (κ1) is 16.0. The average molecular weight is 329 g/mol. The molecule has 0 aromatic heterocycles. The summed E-state index contributed by atoms with van der Waals surface area (Å²) in [6, 6.07) is 5.69. The summed E-state index contributed by atoms with van der Waals surface area (Å²) in [5.41, 5.74) is 7.67. The number of ether oxygens (including phenoxy) is 1. The van der Waals surface area contributed by atoms with Gasteiger partial charge in [-0.2, -0.15) is 0 Å². The monoisotopic (exact) mass is 328 g/mol. The molecule has 1 aromatic rings. The summed E-state index contributed by atoms with van der Waals surface area (Å²) in [7, 11) is 0. The average Bonchev–Trinajstić information content (AvgIpc) is 2.27. The normalized spacial score (nSPS) is 12.9. The van der Waals surface area contributed by atoms with E-state index in [0.717, 1.165) is 15.6 Å². The molecule has 0 fully saturated rings. The number of rotatable bonds is 3. The maximum absolute atomic E-state index is 11.5. The van der Waals surface area contributed by atoms with Gasteiger partial charge in [0.05, 0.1) is 0 Å². The topological polar surface area (TPSA) is 64.3 Å². The fraction of sp³-hybridized carbons (Fsp3) is 0.500. The Hall–Kier alpha value is -1.07. The van der Waals surface area contributed by atoms with Crippen molar-refractivity contribution in [2.24, 2.45) is 5.73 Å². The molecule has 0 saturated heterocycles. The number of amides is 1. The third-order valence-electron chi connectivity index (χ3n) is 2.42. The van der Waals surface area contributed by atoms with Gasteiger partial charge in [0.25, 0.3) is 0 Å². The van der Waals surface area contributed by atoms with Crippen molar-refractivity contribution >= 4 is 22.0 Å². The highest BCUT2D eigenvalue weighted by Gasteiger charge is 2.17. The first-order valence-electron chi connectivity index (χ1n) is 6.17. The zero-order valence-corrected chi connectivity index (χ0v) is 13.4. The van der Waals surface area contributed by atoms with E-state index in [0.29, 0.717) is 6.54 Å². The van der Waals surface area contributed by atoms with E-state index in [9.17, 15) is 4.79 Å². The van der Waals surface area contributed by atoms with Crippen LogP contribution in [0.15, 0.2) is 22.7 Å². The smallest absolute Gasteiger partial charge is 0.407 e. The molecule has 0 bridgehead atoms. The molecule has 5 heteroatoms. The number of halogens is 1. The predicted octanol–water partition coefficient (Wildman–Crippen LogP) is 3.28. The molecule has 0 spiro atoms. The first-order valence-corrected chi connectivity index (χ1v) is 6.97. The van der Waals surface area contributed by atoms with Crippen LogP contribution < -0.4 is 11.1 Å². The minimum atomic E-state index is -0.502. The highest BCUT2D eigenvalue weighted by atomic mass is 79.9. The molecule has 0 aliphatic heterocycles. The number of hydrogen-bond acceptors (Lipinski definition) is 3. The van der Waals surface area contributed by atoms with Crippen LogP contribution in [0.2, 0.25) is 0 Å². The maximum Gasteiger partial charge on any atom is 0.407 e. The van der Waals surface area contributed by atoms with Gasteiger partial charge in [-0.15, -0.1) is 0 Å². The largest absolute Gasteiger partial charge is 0.444 e. The summed E-state index contributed by atoms with van der Waals surface area (Å²) in [4.78, 5) is 11.5. The number of hydrogen-bond donors (Lipinski definition) is 2. The van der Waals surface area contributed by atoms with Crippen LogP contribution in [0, 0.1) is 6.92 Å². The number of carbonyl (C=O) groups excluding carboxylic acids is 1. The van der Waals surface area contributed by atoms with Crippen LogP contribution in [0.25, 0.3) is 0 Å². The van der Waals surface area contributed by atoms with Crippen molar-refractivity contribution in [2.75, 3.05) is 6.54 Å². The molecule has 1 unspecified atom stereocenters. The van der Waals surface area contributed by atoms with Gasteiger partial charge in [0.2, 0.25) is 0 Å². The van der Waals surface area contributed by atoms with Gasteiger partial charge in [-0.1, -0.05) is 33.6 Å². The molecular formula is C14H21BrN2O2.